The van der Waals surface area contributed by atoms with Crippen LogP contribution in [0.15, 0.2) is 40.9 Å². The van der Waals surface area contributed by atoms with Gasteiger partial charge in [0.25, 0.3) is 0 Å². The fraction of sp³-hybridized carbons (Fsp3) is 0.333. The van der Waals surface area contributed by atoms with E-state index in [9.17, 15) is 5.11 Å². The molecule has 0 aliphatic heterocycles. The lowest BCUT2D eigenvalue weighted by atomic mass is 9.93. The van der Waals surface area contributed by atoms with E-state index in [1.165, 1.54) is 11.1 Å². The van der Waals surface area contributed by atoms with E-state index in [4.69, 9.17) is 4.74 Å². The zero-order valence-electron chi connectivity index (χ0n) is 12.7. The maximum atomic E-state index is 10.8. The summed E-state index contributed by atoms with van der Waals surface area (Å²) in [6.07, 6.45) is 1.26. The Bertz CT molecular complexity index is 623. The normalized spacial score (nSPS) is 12.2. The number of aliphatic hydroxyl groups excluding tert-OH is 1. The van der Waals surface area contributed by atoms with E-state index in [-0.39, 0.29) is 0 Å². The summed E-state index contributed by atoms with van der Waals surface area (Å²) in [5.74, 6) is 0.768. The van der Waals surface area contributed by atoms with Crippen molar-refractivity contribution in [2.75, 3.05) is 7.11 Å². The van der Waals surface area contributed by atoms with Gasteiger partial charge in [-0.25, -0.2) is 0 Å². The molecule has 0 aliphatic carbocycles. The second-order valence-electron chi connectivity index (χ2n) is 5.04. The topological polar surface area (TPSA) is 29.5 Å². The maximum absolute atomic E-state index is 10.8. The molecule has 0 saturated heterocycles. The van der Waals surface area contributed by atoms with Crippen molar-refractivity contribution in [1.82, 2.24) is 0 Å². The molecule has 2 aromatic carbocycles. The molecule has 1 unspecified atom stereocenters. The highest BCUT2D eigenvalue weighted by Crippen LogP contribution is 2.32. The third kappa shape index (κ3) is 3.47. The van der Waals surface area contributed by atoms with Crippen LogP contribution >= 0.6 is 15.9 Å². The molecule has 0 heterocycles. The molecular weight excluding hydrogens is 328 g/mol. The summed E-state index contributed by atoms with van der Waals surface area (Å²) in [4.78, 5) is 0. The molecule has 0 amide bonds. The van der Waals surface area contributed by atoms with E-state index in [1.54, 1.807) is 7.11 Å². The van der Waals surface area contributed by atoms with Crippen molar-refractivity contribution in [3.8, 4) is 5.75 Å². The van der Waals surface area contributed by atoms with Crippen LogP contribution in [0.3, 0.4) is 0 Å². The molecule has 3 heteroatoms. The van der Waals surface area contributed by atoms with Crippen LogP contribution in [0.1, 0.15) is 42.2 Å². The summed E-state index contributed by atoms with van der Waals surface area (Å²) in [6, 6.07) is 12.1. The Hall–Kier alpha value is -1.32. The minimum absolute atomic E-state index is 0.617. The van der Waals surface area contributed by atoms with Crippen molar-refractivity contribution in [3.63, 3.8) is 0 Å². The molecule has 1 N–H and O–H groups in total. The molecule has 0 fully saturated rings. The van der Waals surface area contributed by atoms with Crippen molar-refractivity contribution in [3.05, 3.63) is 63.1 Å². The van der Waals surface area contributed by atoms with Crippen LogP contribution in [0.4, 0.5) is 0 Å². The van der Waals surface area contributed by atoms with Gasteiger partial charge in [-0.05, 0) is 63.2 Å². The summed E-state index contributed by atoms with van der Waals surface area (Å²) in [5, 5.41) is 10.8. The molecule has 0 aliphatic rings. The average molecular weight is 349 g/mol. The average Bonchev–Trinajstić information content (AvgIpc) is 2.53. The quantitative estimate of drug-likeness (QED) is 0.850. The first-order valence-electron chi connectivity index (χ1n) is 7.23. The first-order chi connectivity index (χ1) is 10.1. The minimum Gasteiger partial charge on any atom is -0.496 e. The molecule has 2 aromatic rings. The second-order valence-corrected chi connectivity index (χ2v) is 5.89. The summed E-state index contributed by atoms with van der Waals surface area (Å²) in [5.41, 5.74) is 4.29. The molecule has 2 rings (SSSR count). The van der Waals surface area contributed by atoms with E-state index < -0.39 is 6.10 Å². The fourth-order valence-corrected chi connectivity index (χ4v) is 3.03. The molecule has 0 bridgehead atoms. The predicted octanol–water partition coefficient (Wildman–Crippen LogP) is 4.66. The van der Waals surface area contributed by atoms with Crippen LogP contribution < -0.4 is 4.74 Å². The van der Waals surface area contributed by atoms with E-state index in [0.717, 1.165) is 34.2 Å². The summed E-state index contributed by atoms with van der Waals surface area (Å²) < 4.78 is 6.09. The largest absolute Gasteiger partial charge is 0.496 e. The number of methoxy groups -OCH3 is 1. The SMILES string of the molecule is CCc1ccc(CC)c(C(O)c2ccc(OC)c(Br)c2)c1. The standard InChI is InChI=1S/C18H21BrO2/c1-4-12-6-7-13(5-2)15(10-12)18(20)14-8-9-17(21-3)16(19)11-14/h6-11,18,20H,4-5H2,1-3H3. The summed E-state index contributed by atoms with van der Waals surface area (Å²) >= 11 is 3.48. The van der Waals surface area contributed by atoms with Gasteiger partial charge in [0.05, 0.1) is 11.6 Å². The molecule has 21 heavy (non-hydrogen) atoms. The highest BCUT2D eigenvalue weighted by Gasteiger charge is 2.16. The van der Waals surface area contributed by atoms with Gasteiger partial charge in [-0.2, -0.15) is 0 Å². The zero-order chi connectivity index (χ0) is 15.4. The third-order valence-corrected chi connectivity index (χ3v) is 4.41. The molecular formula is C18H21BrO2. The molecule has 0 aromatic heterocycles. The monoisotopic (exact) mass is 348 g/mol. The first kappa shape index (κ1) is 16.1. The van der Waals surface area contributed by atoms with E-state index in [1.807, 2.05) is 18.2 Å². The Morgan fingerprint density at radius 2 is 1.86 bits per heavy atom. The molecule has 0 radical (unpaired) electrons. The maximum Gasteiger partial charge on any atom is 0.133 e. The lowest BCUT2D eigenvalue weighted by molar-refractivity contribution is 0.219. The van der Waals surface area contributed by atoms with Crippen LogP contribution in [0.5, 0.6) is 5.75 Å². The van der Waals surface area contributed by atoms with Crippen LogP contribution in [0, 0.1) is 0 Å². The number of halogens is 1. The number of hydrogen-bond donors (Lipinski definition) is 1. The molecule has 0 saturated carbocycles. The predicted molar refractivity (Wildman–Crippen MR) is 90.0 cm³/mol. The van der Waals surface area contributed by atoms with Gasteiger partial charge < -0.3 is 9.84 Å². The molecule has 112 valence electrons. The van der Waals surface area contributed by atoms with Gasteiger partial charge in [0.15, 0.2) is 0 Å². The number of aryl methyl sites for hydroxylation is 2. The van der Waals surface area contributed by atoms with Gasteiger partial charge in [-0.1, -0.05) is 38.1 Å². The number of hydrogen-bond acceptors (Lipinski definition) is 2. The van der Waals surface area contributed by atoms with Gasteiger partial charge >= 0.3 is 0 Å². The molecule has 1 atom stereocenters. The summed E-state index contributed by atoms with van der Waals surface area (Å²) in [6.45, 7) is 4.24. The van der Waals surface area contributed by atoms with Crippen molar-refractivity contribution in [1.29, 1.82) is 0 Å². The van der Waals surface area contributed by atoms with Gasteiger partial charge in [-0.15, -0.1) is 0 Å². The second kappa shape index (κ2) is 7.10. The lowest BCUT2D eigenvalue weighted by Gasteiger charge is -2.17. The van der Waals surface area contributed by atoms with Gasteiger partial charge in [-0.3, -0.25) is 0 Å². The number of benzene rings is 2. The first-order valence-corrected chi connectivity index (χ1v) is 8.03. The van der Waals surface area contributed by atoms with Crippen LogP contribution in [-0.4, -0.2) is 12.2 Å². The number of rotatable bonds is 5. The van der Waals surface area contributed by atoms with Crippen molar-refractivity contribution in [2.24, 2.45) is 0 Å². The molecule has 0 spiro atoms. The van der Waals surface area contributed by atoms with Gasteiger partial charge in [0.1, 0.15) is 11.9 Å². The van der Waals surface area contributed by atoms with Crippen molar-refractivity contribution < 1.29 is 9.84 Å². The Labute approximate surface area is 134 Å². The van der Waals surface area contributed by atoms with E-state index in [0.29, 0.717) is 0 Å². The Morgan fingerprint density at radius 3 is 2.43 bits per heavy atom. The highest BCUT2D eigenvalue weighted by atomic mass is 79.9. The number of ether oxygens (including phenoxy) is 1. The van der Waals surface area contributed by atoms with Crippen LogP contribution in [-0.2, 0) is 12.8 Å². The van der Waals surface area contributed by atoms with Crippen molar-refractivity contribution >= 4 is 15.9 Å². The van der Waals surface area contributed by atoms with E-state index in [2.05, 4.69) is 48.0 Å². The van der Waals surface area contributed by atoms with Gasteiger partial charge in [0.2, 0.25) is 0 Å². The Kier molecular flexibility index (Phi) is 5.43. The van der Waals surface area contributed by atoms with Crippen molar-refractivity contribution in [2.45, 2.75) is 32.8 Å². The molecule has 2 nitrogen and oxygen atoms in total. The highest BCUT2D eigenvalue weighted by molar-refractivity contribution is 9.10. The zero-order valence-corrected chi connectivity index (χ0v) is 14.3. The fourth-order valence-electron chi connectivity index (χ4n) is 2.47. The van der Waals surface area contributed by atoms with Crippen LogP contribution in [0.2, 0.25) is 0 Å². The van der Waals surface area contributed by atoms with E-state index >= 15 is 0 Å². The van der Waals surface area contributed by atoms with Gasteiger partial charge in [0, 0.05) is 0 Å². The minimum atomic E-state index is -0.617. The third-order valence-electron chi connectivity index (χ3n) is 3.79. The lowest BCUT2D eigenvalue weighted by Crippen LogP contribution is -2.05. The summed E-state index contributed by atoms with van der Waals surface area (Å²) in [7, 11) is 1.64. The Morgan fingerprint density at radius 1 is 1.10 bits per heavy atom. The van der Waals surface area contributed by atoms with Crippen LogP contribution in [0.25, 0.3) is 0 Å². The Balaban J connectivity index is 2.43. The number of aliphatic hydroxyl groups is 1. The smallest absolute Gasteiger partial charge is 0.133 e.